The van der Waals surface area contributed by atoms with Gasteiger partial charge in [-0.25, -0.2) is 0 Å². The summed E-state index contributed by atoms with van der Waals surface area (Å²) < 4.78 is 5.39. The molecule has 5 nitrogen and oxygen atoms in total. The number of rotatable bonds is 7. The zero-order valence-corrected chi connectivity index (χ0v) is 15.2. The number of H-pyrrole nitrogens is 1. The summed E-state index contributed by atoms with van der Waals surface area (Å²) in [4.78, 5) is 17.2. The zero-order valence-electron chi connectivity index (χ0n) is 15.2. The fraction of sp³-hybridized carbons (Fsp3) is 0.286. The topological polar surface area (TPSA) is 71.3 Å². The van der Waals surface area contributed by atoms with Gasteiger partial charge in [-0.05, 0) is 24.1 Å². The minimum atomic E-state index is -0.146. The van der Waals surface area contributed by atoms with Crippen LogP contribution < -0.4 is 10.5 Å². The third-order valence-electron chi connectivity index (χ3n) is 4.61. The number of nitrogens with two attached hydrogens (primary N) is 1. The Bertz CT molecular complexity index is 888. The molecule has 5 heteroatoms. The lowest BCUT2D eigenvalue weighted by Crippen LogP contribution is -2.40. The minimum Gasteiger partial charge on any atom is -0.496 e. The average Bonchev–Trinajstić information content (AvgIpc) is 3.04. The number of fused-ring (bicyclic) bond motifs is 1. The Kier molecular flexibility index (Phi) is 5.58. The minimum absolute atomic E-state index is 0.00489. The smallest absolute Gasteiger partial charge is 0.219 e. The number of nitrogens with one attached hydrogen (secondary N) is 1. The monoisotopic (exact) mass is 351 g/mol. The number of ether oxygens (including phenoxy) is 1. The molecule has 3 aromatic rings. The quantitative estimate of drug-likeness (QED) is 0.687. The lowest BCUT2D eigenvalue weighted by molar-refractivity contribution is -0.129. The number of methoxy groups -OCH3 is 1. The first kappa shape index (κ1) is 18.0. The summed E-state index contributed by atoms with van der Waals surface area (Å²) in [5.74, 6) is 0.786. The van der Waals surface area contributed by atoms with Crippen molar-refractivity contribution in [3.8, 4) is 5.75 Å². The molecule has 0 radical (unpaired) electrons. The second-order valence-corrected chi connectivity index (χ2v) is 6.54. The van der Waals surface area contributed by atoms with Crippen LogP contribution in [0.3, 0.4) is 0 Å². The Morgan fingerprint density at radius 3 is 2.65 bits per heavy atom. The second-order valence-electron chi connectivity index (χ2n) is 6.54. The van der Waals surface area contributed by atoms with E-state index in [4.69, 9.17) is 10.5 Å². The molecule has 1 aromatic heterocycles. The largest absolute Gasteiger partial charge is 0.496 e. The summed E-state index contributed by atoms with van der Waals surface area (Å²) >= 11 is 0. The van der Waals surface area contributed by atoms with Crippen LogP contribution in [0, 0.1) is 0 Å². The number of carbonyl (C=O) groups excluding carboxylic acids is 1. The predicted molar refractivity (Wildman–Crippen MR) is 104 cm³/mol. The van der Waals surface area contributed by atoms with Crippen LogP contribution in [0.4, 0.5) is 0 Å². The molecule has 3 rings (SSSR count). The van der Waals surface area contributed by atoms with Crippen molar-refractivity contribution < 1.29 is 9.53 Å². The molecule has 0 aliphatic heterocycles. The van der Waals surface area contributed by atoms with Gasteiger partial charge in [0.15, 0.2) is 0 Å². The number of amides is 1. The molecule has 0 saturated heterocycles. The molecule has 0 bridgehead atoms. The normalized spacial score (nSPS) is 12.1. The highest BCUT2D eigenvalue weighted by Crippen LogP contribution is 2.21. The van der Waals surface area contributed by atoms with E-state index in [1.165, 1.54) is 10.9 Å². The standard InChI is InChI=1S/C21H25N3O2/c1-15(25)24(13-16-7-3-6-10-21(16)26-2)14-18(22)11-17-12-23-20-9-5-4-8-19(17)20/h3-10,12,18,23H,11,13-14,22H2,1-2H3/t18-/m0/s1. The van der Waals surface area contributed by atoms with Crippen LogP contribution in [0.1, 0.15) is 18.1 Å². The van der Waals surface area contributed by atoms with Crippen LogP contribution in [-0.2, 0) is 17.8 Å². The van der Waals surface area contributed by atoms with Gasteiger partial charge in [0.25, 0.3) is 0 Å². The van der Waals surface area contributed by atoms with Gasteiger partial charge in [-0.3, -0.25) is 4.79 Å². The first-order valence-corrected chi connectivity index (χ1v) is 8.76. The van der Waals surface area contributed by atoms with E-state index in [1.807, 2.05) is 48.7 Å². The van der Waals surface area contributed by atoms with E-state index in [-0.39, 0.29) is 11.9 Å². The van der Waals surface area contributed by atoms with E-state index in [2.05, 4.69) is 11.1 Å². The molecule has 1 amide bonds. The summed E-state index contributed by atoms with van der Waals surface area (Å²) in [6, 6.07) is 15.8. The predicted octanol–water partition coefficient (Wildman–Crippen LogP) is 3.10. The number of aromatic amines is 1. The number of carbonyl (C=O) groups is 1. The fourth-order valence-corrected chi connectivity index (χ4v) is 3.27. The van der Waals surface area contributed by atoms with Crippen molar-refractivity contribution in [1.82, 2.24) is 9.88 Å². The van der Waals surface area contributed by atoms with Crippen LogP contribution in [-0.4, -0.2) is 35.5 Å². The Labute approximate surface area is 153 Å². The maximum absolute atomic E-state index is 12.1. The van der Waals surface area contributed by atoms with E-state index >= 15 is 0 Å². The highest BCUT2D eigenvalue weighted by Gasteiger charge is 2.17. The maximum atomic E-state index is 12.1. The third kappa shape index (κ3) is 4.06. The van der Waals surface area contributed by atoms with Crippen molar-refractivity contribution in [1.29, 1.82) is 0 Å². The second kappa shape index (κ2) is 8.06. The van der Waals surface area contributed by atoms with Crippen molar-refractivity contribution in [3.05, 3.63) is 65.9 Å². The molecule has 1 heterocycles. The van der Waals surface area contributed by atoms with E-state index in [0.717, 1.165) is 16.8 Å². The van der Waals surface area contributed by atoms with E-state index in [0.29, 0.717) is 19.5 Å². The van der Waals surface area contributed by atoms with Crippen molar-refractivity contribution in [2.45, 2.75) is 25.9 Å². The SMILES string of the molecule is COc1ccccc1CN(C[C@@H](N)Cc1c[nH]c2ccccc12)C(C)=O. The first-order chi connectivity index (χ1) is 12.6. The van der Waals surface area contributed by atoms with E-state index in [1.54, 1.807) is 18.9 Å². The number of aromatic nitrogens is 1. The van der Waals surface area contributed by atoms with Gasteiger partial charge in [0.2, 0.25) is 5.91 Å². The summed E-state index contributed by atoms with van der Waals surface area (Å²) in [6.45, 7) is 2.56. The van der Waals surface area contributed by atoms with Crippen LogP contribution >= 0.6 is 0 Å². The molecule has 0 spiro atoms. The molecule has 26 heavy (non-hydrogen) atoms. The molecular weight excluding hydrogens is 326 g/mol. The molecule has 3 N–H and O–H groups in total. The number of benzene rings is 2. The molecular formula is C21H25N3O2. The number of hydrogen-bond donors (Lipinski definition) is 2. The number of para-hydroxylation sites is 2. The Morgan fingerprint density at radius 1 is 1.15 bits per heavy atom. The molecule has 0 fully saturated rings. The van der Waals surface area contributed by atoms with Gasteiger partial charge in [-0.1, -0.05) is 36.4 Å². The van der Waals surface area contributed by atoms with Gasteiger partial charge >= 0.3 is 0 Å². The summed E-state index contributed by atoms with van der Waals surface area (Å²) in [7, 11) is 1.64. The van der Waals surface area contributed by atoms with Crippen LogP contribution in [0.15, 0.2) is 54.7 Å². The molecule has 0 unspecified atom stereocenters. The summed E-state index contributed by atoms with van der Waals surface area (Å²) in [5.41, 5.74) is 9.63. The van der Waals surface area contributed by atoms with Gasteiger partial charge in [0, 0.05) is 48.7 Å². The molecule has 2 aromatic carbocycles. The average molecular weight is 351 g/mol. The molecule has 0 saturated carbocycles. The molecule has 0 aliphatic rings. The van der Waals surface area contributed by atoms with Crippen LogP contribution in [0.5, 0.6) is 5.75 Å². The van der Waals surface area contributed by atoms with Gasteiger partial charge in [-0.15, -0.1) is 0 Å². The van der Waals surface area contributed by atoms with Crippen molar-refractivity contribution >= 4 is 16.8 Å². The van der Waals surface area contributed by atoms with Gasteiger partial charge in [-0.2, -0.15) is 0 Å². The Balaban J connectivity index is 1.70. The molecule has 136 valence electrons. The highest BCUT2D eigenvalue weighted by molar-refractivity contribution is 5.83. The highest BCUT2D eigenvalue weighted by atomic mass is 16.5. The fourth-order valence-electron chi connectivity index (χ4n) is 3.27. The van der Waals surface area contributed by atoms with Crippen molar-refractivity contribution in [2.24, 2.45) is 5.73 Å². The molecule has 1 atom stereocenters. The Hall–Kier alpha value is -2.79. The van der Waals surface area contributed by atoms with Crippen LogP contribution in [0.2, 0.25) is 0 Å². The van der Waals surface area contributed by atoms with Gasteiger partial charge in [0.1, 0.15) is 5.75 Å². The summed E-state index contributed by atoms with van der Waals surface area (Å²) in [6.07, 6.45) is 2.71. The van der Waals surface area contributed by atoms with Gasteiger partial charge < -0.3 is 20.4 Å². The Morgan fingerprint density at radius 2 is 1.88 bits per heavy atom. The van der Waals surface area contributed by atoms with Gasteiger partial charge in [0.05, 0.1) is 7.11 Å². The number of nitrogens with zero attached hydrogens (tertiary/aromatic N) is 1. The van der Waals surface area contributed by atoms with Crippen molar-refractivity contribution in [3.63, 3.8) is 0 Å². The lowest BCUT2D eigenvalue weighted by Gasteiger charge is -2.25. The van der Waals surface area contributed by atoms with E-state index in [9.17, 15) is 4.79 Å². The summed E-state index contributed by atoms with van der Waals surface area (Å²) in [5, 5.41) is 1.18. The maximum Gasteiger partial charge on any atom is 0.219 e. The zero-order chi connectivity index (χ0) is 18.5. The van der Waals surface area contributed by atoms with Crippen LogP contribution in [0.25, 0.3) is 10.9 Å². The lowest BCUT2D eigenvalue weighted by atomic mass is 10.0. The van der Waals surface area contributed by atoms with E-state index < -0.39 is 0 Å². The number of hydrogen-bond acceptors (Lipinski definition) is 3. The van der Waals surface area contributed by atoms with Crippen molar-refractivity contribution in [2.75, 3.05) is 13.7 Å². The molecule has 0 aliphatic carbocycles. The first-order valence-electron chi connectivity index (χ1n) is 8.76. The third-order valence-corrected chi connectivity index (χ3v) is 4.61.